The van der Waals surface area contributed by atoms with Gasteiger partial charge in [-0.2, -0.15) is 0 Å². The molecule has 0 saturated carbocycles. The molecule has 3 aromatic rings. The van der Waals surface area contributed by atoms with Crippen LogP contribution in [0.3, 0.4) is 0 Å². The fraction of sp³-hybridized carbons (Fsp3) is 0.304. The third-order valence-electron chi connectivity index (χ3n) is 4.76. The first-order valence-electron chi connectivity index (χ1n) is 10.2. The first kappa shape index (κ1) is 24.0. The zero-order valence-corrected chi connectivity index (χ0v) is 19.7. The Bertz CT molecular complexity index is 1200. The van der Waals surface area contributed by atoms with Crippen LogP contribution >= 0.6 is 11.3 Å². The molecule has 1 N–H and O–H groups in total. The van der Waals surface area contributed by atoms with Gasteiger partial charge in [-0.15, -0.1) is 0 Å². The van der Waals surface area contributed by atoms with Gasteiger partial charge in [0.15, 0.2) is 23.3 Å². The maximum Gasteiger partial charge on any atom is 0.264 e. The van der Waals surface area contributed by atoms with Gasteiger partial charge in [0.1, 0.15) is 18.1 Å². The molecular weight excluding hydrogens is 446 g/mol. The molecule has 1 aromatic carbocycles. The van der Waals surface area contributed by atoms with Crippen LogP contribution in [0.5, 0.6) is 17.2 Å². The van der Waals surface area contributed by atoms with Gasteiger partial charge < -0.3 is 18.8 Å². The van der Waals surface area contributed by atoms with Gasteiger partial charge in [-0.1, -0.05) is 11.3 Å². The molecule has 1 amide bonds. The number of benzene rings is 1. The Balaban J connectivity index is 1.58. The third-order valence-corrected chi connectivity index (χ3v) is 5.93. The average Bonchev–Trinajstić information content (AvgIpc) is 3.15. The minimum absolute atomic E-state index is 0.0943. The molecule has 0 atom stereocenters. The molecule has 0 aliphatic heterocycles. The molecule has 0 bridgehead atoms. The molecule has 33 heavy (non-hydrogen) atoms. The van der Waals surface area contributed by atoms with Crippen molar-refractivity contribution >= 4 is 28.2 Å². The van der Waals surface area contributed by atoms with Crippen LogP contribution in [0, 0.1) is 13.8 Å². The van der Waals surface area contributed by atoms with E-state index < -0.39 is 5.91 Å². The van der Waals surface area contributed by atoms with Crippen LogP contribution in [0.1, 0.15) is 28.0 Å². The van der Waals surface area contributed by atoms with Crippen LogP contribution in [0.2, 0.25) is 0 Å². The van der Waals surface area contributed by atoms with Gasteiger partial charge in [0, 0.05) is 19.2 Å². The number of methoxy groups -OCH3 is 1. The third kappa shape index (κ3) is 6.19. The van der Waals surface area contributed by atoms with Crippen molar-refractivity contribution in [2.45, 2.75) is 27.3 Å². The molecule has 2 aromatic heterocycles. The summed E-state index contributed by atoms with van der Waals surface area (Å²) in [5, 5.41) is 2.91. The van der Waals surface area contributed by atoms with Gasteiger partial charge >= 0.3 is 0 Å². The second-order valence-electron chi connectivity index (χ2n) is 7.14. The lowest BCUT2D eigenvalue weighted by molar-refractivity contribution is -0.118. The molecule has 0 spiro atoms. The van der Waals surface area contributed by atoms with E-state index in [9.17, 15) is 14.4 Å². The Kier molecular flexibility index (Phi) is 7.83. The minimum atomic E-state index is -0.476. The summed E-state index contributed by atoms with van der Waals surface area (Å²) in [6.07, 6.45) is 1.66. The van der Waals surface area contributed by atoms with E-state index in [-0.39, 0.29) is 23.6 Å². The monoisotopic (exact) mass is 471 g/mol. The highest BCUT2D eigenvalue weighted by Gasteiger charge is 2.15. The quantitative estimate of drug-likeness (QED) is 0.452. The number of hydrogen-bond acceptors (Lipinski definition) is 8. The van der Waals surface area contributed by atoms with E-state index in [0.29, 0.717) is 40.3 Å². The van der Waals surface area contributed by atoms with Gasteiger partial charge in [0.2, 0.25) is 5.43 Å². The number of carbonyl (C=O) groups excluding carboxylic acids is 2. The van der Waals surface area contributed by atoms with Crippen LogP contribution in [0.4, 0.5) is 5.13 Å². The number of amides is 1. The SMILES string of the molecule is COc1ccc(OCCn2ccc(=O)c(OCC(=O)Nc3nc(C)c(C(C)=O)s3)c2C)cc1. The van der Waals surface area contributed by atoms with Crippen LogP contribution in [0.15, 0.2) is 41.3 Å². The Morgan fingerprint density at radius 3 is 2.42 bits per heavy atom. The first-order valence-corrected chi connectivity index (χ1v) is 11.0. The van der Waals surface area contributed by atoms with Crippen molar-refractivity contribution < 1.29 is 23.8 Å². The van der Waals surface area contributed by atoms with Crippen molar-refractivity contribution in [1.29, 1.82) is 0 Å². The predicted octanol–water partition coefficient (Wildman–Crippen LogP) is 3.23. The second kappa shape index (κ2) is 10.8. The molecular formula is C23H25N3O6S. The Morgan fingerprint density at radius 1 is 1.09 bits per heavy atom. The number of ether oxygens (including phenoxy) is 3. The highest BCUT2D eigenvalue weighted by atomic mass is 32.1. The van der Waals surface area contributed by atoms with Crippen LogP contribution in [-0.2, 0) is 11.3 Å². The largest absolute Gasteiger partial charge is 0.497 e. The number of aromatic nitrogens is 2. The van der Waals surface area contributed by atoms with Crippen molar-refractivity contribution in [3.05, 3.63) is 63.0 Å². The lowest BCUT2D eigenvalue weighted by Gasteiger charge is -2.15. The minimum Gasteiger partial charge on any atom is -0.497 e. The number of anilines is 1. The molecule has 0 radical (unpaired) electrons. The fourth-order valence-corrected chi connectivity index (χ4v) is 3.95. The summed E-state index contributed by atoms with van der Waals surface area (Å²) in [7, 11) is 1.60. The summed E-state index contributed by atoms with van der Waals surface area (Å²) in [6, 6.07) is 8.63. The lowest BCUT2D eigenvalue weighted by atomic mass is 10.3. The van der Waals surface area contributed by atoms with Gasteiger partial charge in [-0.05, 0) is 38.1 Å². The second-order valence-corrected chi connectivity index (χ2v) is 8.14. The number of ketones is 1. The van der Waals surface area contributed by atoms with Gasteiger partial charge in [-0.25, -0.2) is 4.98 Å². The molecule has 3 rings (SSSR count). The number of hydrogen-bond donors (Lipinski definition) is 1. The van der Waals surface area contributed by atoms with E-state index in [1.165, 1.54) is 13.0 Å². The smallest absolute Gasteiger partial charge is 0.264 e. The topological polar surface area (TPSA) is 109 Å². The van der Waals surface area contributed by atoms with Gasteiger partial charge in [0.05, 0.1) is 29.9 Å². The molecule has 10 heteroatoms. The highest BCUT2D eigenvalue weighted by molar-refractivity contribution is 7.17. The summed E-state index contributed by atoms with van der Waals surface area (Å²) in [4.78, 5) is 40.8. The maximum atomic E-state index is 12.3. The van der Waals surface area contributed by atoms with Crippen molar-refractivity contribution in [3.8, 4) is 17.2 Å². The fourth-order valence-electron chi connectivity index (χ4n) is 3.08. The Hall–Kier alpha value is -3.66. The van der Waals surface area contributed by atoms with E-state index in [1.807, 2.05) is 28.8 Å². The molecule has 0 fully saturated rings. The number of nitrogens with one attached hydrogen (secondary N) is 1. The van der Waals surface area contributed by atoms with E-state index in [2.05, 4.69) is 10.3 Å². The predicted molar refractivity (Wildman–Crippen MR) is 125 cm³/mol. The number of rotatable bonds is 10. The molecule has 2 heterocycles. The Morgan fingerprint density at radius 2 is 1.79 bits per heavy atom. The average molecular weight is 472 g/mol. The maximum absolute atomic E-state index is 12.3. The van der Waals surface area contributed by atoms with Gasteiger partial charge in [-0.3, -0.25) is 19.7 Å². The molecule has 9 nitrogen and oxygen atoms in total. The summed E-state index contributed by atoms with van der Waals surface area (Å²) in [5.41, 5.74) is 0.816. The van der Waals surface area contributed by atoms with E-state index >= 15 is 0 Å². The number of carbonyl (C=O) groups is 2. The van der Waals surface area contributed by atoms with Crippen LogP contribution in [0.25, 0.3) is 0 Å². The summed E-state index contributed by atoms with van der Waals surface area (Å²) in [5.74, 6) is 0.952. The molecule has 0 saturated heterocycles. The van der Waals surface area contributed by atoms with Crippen LogP contribution in [-0.4, -0.2) is 41.6 Å². The zero-order valence-electron chi connectivity index (χ0n) is 18.8. The van der Waals surface area contributed by atoms with E-state index in [0.717, 1.165) is 17.1 Å². The summed E-state index contributed by atoms with van der Waals surface area (Å²) < 4.78 is 18.2. The van der Waals surface area contributed by atoms with E-state index in [1.54, 1.807) is 27.2 Å². The number of nitrogens with zero attached hydrogens (tertiary/aromatic N) is 2. The standard InChI is InChI=1S/C23H25N3O6S/c1-14-22(16(3)27)33-23(24-14)25-20(29)13-32-21-15(2)26(10-9-19(21)28)11-12-31-18-7-5-17(30-4)6-8-18/h5-10H,11-13H2,1-4H3,(H,24,25,29). The van der Waals surface area contributed by atoms with Crippen molar-refractivity contribution in [1.82, 2.24) is 9.55 Å². The first-order chi connectivity index (χ1) is 15.8. The molecule has 0 aliphatic rings. The molecule has 0 unspecified atom stereocenters. The lowest BCUT2D eigenvalue weighted by Crippen LogP contribution is -2.24. The normalized spacial score (nSPS) is 10.5. The number of aryl methyl sites for hydroxylation is 1. The van der Waals surface area contributed by atoms with Crippen molar-refractivity contribution in [2.75, 3.05) is 25.6 Å². The van der Waals surface area contributed by atoms with Gasteiger partial charge in [0.25, 0.3) is 5.91 Å². The van der Waals surface area contributed by atoms with Crippen LogP contribution < -0.4 is 25.0 Å². The van der Waals surface area contributed by atoms with Crippen molar-refractivity contribution in [3.63, 3.8) is 0 Å². The number of thiazole rings is 1. The zero-order chi connectivity index (χ0) is 24.0. The van der Waals surface area contributed by atoms with Crippen molar-refractivity contribution in [2.24, 2.45) is 0 Å². The molecule has 0 aliphatic carbocycles. The number of pyridine rings is 1. The van der Waals surface area contributed by atoms with E-state index in [4.69, 9.17) is 14.2 Å². The summed E-state index contributed by atoms with van der Waals surface area (Å²) in [6.45, 7) is 5.38. The summed E-state index contributed by atoms with van der Waals surface area (Å²) >= 11 is 1.10. The Labute approximate surface area is 194 Å². The molecule has 174 valence electrons. The number of Topliss-reactive ketones (excluding diaryl/α,β-unsaturated/α-hetero) is 1. The highest BCUT2D eigenvalue weighted by Crippen LogP contribution is 2.23.